The first-order chi connectivity index (χ1) is 8.29. The van der Waals surface area contributed by atoms with E-state index in [1.54, 1.807) is 17.7 Å². The smallest absolute Gasteiger partial charge is 0.330 e. The molecule has 1 atom stereocenters. The van der Waals surface area contributed by atoms with Crippen LogP contribution in [0.2, 0.25) is 0 Å². The Balaban J connectivity index is 2.58. The van der Waals surface area contributed by atoms with E-state index in [0.717, 1.165) is 12.2 Å². The summed E-state index contributed by atoms with van der Waals surface area (Å²) >= 11 is 0. The molecule has 0 aliphatic carbocycles. The minimum atomic E-state index is -4.15. The fraction of sp³-hybridized carbons (Fsp3) is 0.750. The van der Waals surface area contributed by atoms with E-state index in [9.17, 15) is 13.2 Å². The molecular formula is C12H20F3N3. The second-order valence-corrected chi connectivity index (χ2v) is 4.99. The molecule has 0 aromatic carbocycles. The largest absolute Gasteiger partial charge is 0.391 e. The predicted molar refractivity (Wildman–Crippen MR) is 64.2 cm³/mol. The van der Waals surface area contributed by atoms with E-state index < -0.39 is 18.6 Å². The molecule has 104 valence electrons. The summed E-state index contributed by atoms with van der Waals surface area (Å²) in [5, 5.41) is 3.20. The van der Waals surface area contributed by atoms with Crippen molar-refractivity contribution in [2.45, 2.75) is 46.0 Å². The van der Waals surface area contributed by atoms with Gasteiger partial charge in [-0.3, -0.25) is 0 Å². The Hall–Kier alpha value is -1.04. The summed E-state index contributed by atoms with van der Waals surface area (Å²) in [7, 11) is 0. The molecule has 1 N–H and O–H groups in total. The van der Waals surface area contributed by atoms with Gasteiger partial charge in [0.2, 0.25) is 0 Å². The van der Waals surface area contributed by atoms with Crippen molar-refractivity contribution in [1.29, 1.82) is 0 Å². The SMILES string of the molecule is CC(C)CNCc1cncn1C(C)CC(F)(F)F. The standard InChI is InChI=1S/C12H20F3N3/c1-9(2)5-16-6-11-7-17-8-18(11)10(3)4-12(13,14)15/h7-10,16H,4-6H2,1-3H3. The van der Waals surface area contributed by atoms with Crippen LogP contribution in [-0.4, -0.2) is 22.3 Å². The quantitative estimate of drug-likeness (QED) is 0.854. The Morgan fingerprint density at radius 1 is 1.33 bits per heavy atom. The number of nitrogens with zero attached hydrogens (tertiary/aromatic N) is 2. The summed E-state index contributed by atoms with van der Waals surface area (Å²) in [4.78, 5) is 3.93. The highest BCUT2D eigenvalue weighted by Gasteiger charge is 2.31. The van der Waals surface area contributed by atoms with Crippen molar-refractivity contribution in [3.63, 3.8) is 0 Å². The van der Waals surface area contributed by atoms with Crippen LogP contribution in [0.25, 0.3) is 0 Å². The highest BCUT2D eigenvalue weighted by molar-refractivity contribution is 5.00. The zero-order valence-electron chi connectivity index (χ0n) is 11.0. The monoisotopic (exact) mass is 263 g/mol. The van der Waals surface area contributed by atoms with Crippen LogP contribution in [0.5, 0.6) is 0 Å². The molecule has 1 unspecified atom stereocenters. The van der Waals surface area contributed by atoms with Crippen LogP contribution in [0, 0.1) is 5.92 Å². The molecule has 0 aliphatic rings. The number of halogens is 3. The summed E-state index contributed by atoms with van der Waals surface area (Å²) in [6, 6.07) is -0.622. The number of hydrogen-bond acceptors (Lipinski definition) is 2. The zero-order chi connectivity index (χ0) is 13.8. The van der Waals surface area contributed by atoms with Gasteiger partial charge in [-0.05, 0) is 19.4 Å². The van der Waals surface area contributed by atoms with Gasteiger partial charge in [-0.2, -0.15) is 13.2 Å². The van der Waals surface area contributed by atoms with Gasteiger partial charge in [-0.1, -0.05) is 13.8 Å². The molecule has 6 heteroatoms. The third-order valence-electron chi connectivity index (χ3n) is 2.61. The van der Waals surface area contributed by atoms with Crippen molar-refractivity contribution in [1.82, 2.24) is 14.9 Å². The number of imidazole rings is 1. The molecule has 1 aromatic rings. The van der Waals surface area contributed by atoms with Crippen LogP contribution < -0.4 is 5.32 Å². The van der Waals surface area contributed by atoms with Gasteiger partial charge in [0.1, 0.15) is 0 Å². The van der Waals surface area contributed by atoms with E-state index in [1.807, 2.05) is 0 Å². The van der Waals surface area contributed by atoms with Crippen LogP contribution in [0.15, 0.2) is 12.5 Å². The van der Waals surface area contributed by atoms with Crippen molar-refractivity contribution in [2.75, 3.05) is 6.54 Å². The van der Waals surface area contributed by atoms with Crippen LogP contribution in [0.3, 0.4) is 0 Å². The summed E-state index contributed by atoms with van der Waals surface area (Å²) in [5.41, 5.74) is 0.785. The maximum atomic E-state index is 12.3. The Labute approximate surface area is 105 Å². The molecule has 1 heterocycles. The van der Waals surface area contributed by atoms with Crippen LogP contribution in [-0.2, 0) is 6.54 Å². The fourth-order valence-electron chi connectivity index (χ4n) is 1.79. The average Bonchev–Trinajstić information content (AvgIpc) is 2.62. The molecule has 18 heavy (non-hydrogen) atoms. The average molecular weight is 263 g/mol. The molecule has 0 spiro atoms. The lowest BCUT2D eigenvalue weighted by Crippen LogP contribution is -2.23. The van der Waals surface area contributed by atoms with Gasteiger partial charge in [-0.25, -0.2) is 4.98 Å². The lowest BCUT2D eigenvalue weighted by molar-refractivity contribution is -0.141. The molecular weight excluding hydrogens is 243 g/mol. The highest BCUT2D eigenvalue weighted by atomic mass is 19.4. The Morgan fingerprint density at radius 2 is 2.00 bits per heavy atom. The third-order valence-corrected chi connectivity index (χ3v) is 2.61. The number of rotatable bonds is 6. The van der Waals surface area contributed by atoms with Gasteiger partial charge >= 0.3 is 6.18 Å². The first-order valence-corrected chi connectivity index (χ1v) is 6.07. The van der Waals surface area contributed by atoms with E-state index in [1.165, 1.54) is 6.33 Å². The number of alkyl halides is 3. The first kappa shape index (κ1) is 15.0. The Kier molecular flexibility index (Phi) is 5.19. The Bertz CT molecular complexity index is 358. The first-order valence-electron chi connectivity index (χ1n) is 6.07. The summed E-state index contributed by atoms with van der Waals surface area (Å²) in [6.45, 7) is 7.09. The Morgan fingerprint density at radius 3 is 2.56 bits per heavy atom. The van der Waals surface area contributed by atoms with Gasteiger partial charge in [-0.15, -0.1) is 0 Å². The highest BCUT2D eigenvalue weighted by Crippen LogP contribution is 2.27. The van der Waals surface area contributed by atoms with Crippen molar-refractivity contribution in [3.8, 4) is 0 Å². The number of nitrogens with one attached hydrogen (secondary N) is 1. The van der Waals surface area contributed by atoms with Crippen molar-refractivity contribution in [3.05, 3.63) is 18.2 Å². The summed E-state index contributed by atoms with van der Waals surface area (Å²) in [5.74, 6) is 0.508. The molecule has 1 rings (SSSR count). The van der Waals surface area contributed by atoms with Crippen molar-refractivity contribution < 1.29 is 13.2 Å². The number of aromatic nitrogens is 2. The van der Waals surface area contributed by atoms with E-state index in [0.29, 0.717) is 12.5 Å². The molecule has 0 saturated carbocycles. The van der Waals surface area contributed by atoms with Crippen molar-refractivity contribution in [2.24, 2.45) is 5.92 Å². The lowest BCUT2D eigenvalue weighted by Gasteiger charge is -2.18. The number of hydrogen-bond donors (Lipinski definition) is 1. The fourth-order valence-corrected chi connectivity index (χ4v) is 1.79. The van der Waals surface area contributed by atoms with Crippen LogP contribution >= 0.6 is 0 Å². The molecule has 0 fully saturated rings. The molecule has 0 radical (unpaired) electrons. The lowest BCUT2D eigenvalue weighted by atomic mass is 10.2. The van der Waals surface area contributed by atoms with Crippen LogP contribution in [0.1, 0.15) is 38.9 Å². The predicted octanol–water partition coefficient (Wildman–Crippen LogP) is 3.14. The van der Waals surface area contributed by atoms with Crippen LogP contribution in [0.4, 0.5) is 13.2 Å². The minimum absolute atomic E-state index is 0.508. The maximum absolute atomic E-state index is 12.3. The van der Waals surface area contributed by atoms with Gasteiger partial charge in [0.25, 0.3) is 0 Å². The second-order valence-electron chi connectivity index (χ2n) is 4.99. The van der Waals surface area contributed by atoms with Gasteiger partial charge in [0.05, 0.1) is 18.4 Å². The molecule has 0 saturated heterocycles. The summed E-state index contributed by atoms with van der Waals surface area (Å²) < 4.78 is 38.6. The third kappa shape index (κ3) is 5.08. The molecule has 0 bridgehead atoms. The topological polar surface area (TPSA) is 29.9 Å². The van der Waals surface area contributed by atoms with Gasteiger partial charge in [0.15, 0.2) is 0 Å². The van der Waals surface area contributed by atoms with Gasteiger partial charge in [0, 0.05) is 18.8 Å². The van der Waals surface area contributed by atoms with E-state index >= 15 is 0 Å². The second kappa shape index (κ2) is 6.22. The molecule has 0 aliphatic heterocycles. The molecule has 1 aromatic heterocycles. The summed E-state index contributed by atoms with van der Waals surface area (Å²) in [6.07, 6.45) is -1.91. The normalized spacial score (nSPS) is 14.2. The van der Waals surface area contributed by atoms with E-state index in [-0.39, 0.29) is 0 Å². The minimum Gasteiger partial charge on any atom is -0.330 e. The van der Waals surface area contributed by atoms with E-state index in [4.69, 9.17) is 0 Å². The molecule has 0 amide bonds. The van der Waals surface area contributed by atoms with Gasteiger partial charge < -0.3 is 9.88 Å². The van der Waals surface area contributed by atoms with Crippen molar-refractivity contribution >= 4 is 0 Å². The van der Waals surface area contributed by atoms with E-state index in [2.05, 4.69) is 24.1 Å². The molecule has 3 nitrogen and oxygen atoms in total. The maximum Gasteiger partial charge on any atom is 0.391 e. The zero-order valence-corrected chi connectivity index (χ0v) is 11.0.